The number of ether oxygens (including phenoxy) is 1. The van der Waals surface area contributed by atoms with Crippen LogP contribution in [-0.4, -0.2) is 57.9 Å². The van der Waals surface area contributed by atoms with Gasteiger partial charge in [0, 0.05) is 30.1 Å². The summed E-state index contributed by atoms with van der Waals surface area (Å²) >= 11 is 0.441. The van der Waals surface area contributed by atoms with Crippen LogP contribution < -0.4 is 4.74 Å². The third-order valence-electron chi connectivity index (χ3n) is 5.83. The molecule has 2 aromatic carbocycles. The SMILES string of the molecule is CC1(C)Oc2ccc(SC(F)F)cc2[C@H](N2CCN(Cc3ccccc3)CC2=O)[C@H]1O. The maximum Gasteiger partial charge on any atom is 0.288 e. The highest BCUT2D eigenvalue weighted by Gasteiger charge is 2.47. The van der Waals surface area contributed by atoms with Gasteiger partial charge < -0.3 is 14.7 Å². The fourth-order valence-corrected chi connectivity index (χ4v) is 4.81. The standard InChI is InChI=1S/C23H26F2N2O3S/c1-23(2)21(29)20(17-12-16(31-22(24)25)8-9-18(17)30-23)27-11-10-26(14-19(27)28)13-15-6-4-3-5-7-15/h3-9,12,20-22,29H,10-11,13-14H2,1-2H3/t20-,21+/m0/s1. The lowest BCUT2D eigenvalue weighted by atomic mass is 9.85. The Morgan fingerprint density at radius 1 is 1.19 bits per heavy atom. The molecule has 31 heavy (non-hydrogen) atoms. The van der Waals surface area contributed by atoms with Crippen molar-refractivity contribution in [2.45, 2.75) is 48.8 Å². The van der Waals surface area contributed by atoms with Crippen LogP contribution in [0.5, 0.6) is 5.75 Å². The Morgan fingerprint density at radius 3 is 2.61 bits per heavy atom. The number of hydrogen-bond acceptors (Lipinski definition) is 5. The number of amides is 1. The molecule has 4 rings (SSSR count). The molecule has 0 aromatic heterocycles. The minimum absolute atomic E-state index is 0.0956. The largest absolute Gasteiger partial charge is 0.485 e. The van der Waals surface area contributed by atoms with Gasteiger partial charge in [-0.15, -0.1) is 0 Å². The number of aliphatic hydroxyl groups excluding tert-OH is 1. The first kappa shape index (κ1) is 22.0. The zero-order chi connectivity index (χ0) is 22.2. The average Bonchev–Trinajstić information content (AvgIpc) is 2.71. The van der Waals surface area contributed by atoms with Crippen molar-refractivity contribution in [3.05, 3.63) is 59.7 Å². The highest BCUT2D eigenvalue weighted by molar-refractivity contribution is 7.99. The van der Waals surface area contributed by atoms with Gasteiger partial charge >= 0.3 is 0 Å². The molecule has 2 aliphatic rings. The lowest BCUT2D eigenvalue weighted by Crippen LogP contribution is -2.59. The van der Waals surface area contributed by atoms with Gasteiger partial charge in [0.05, 0.1) is 12.6 Å². The van der Waals surface area contributed by atoms with E-state index in [2.05, 4.69) is 4.90 Å². The van der Waals surface area contributed by atoms with Gasteiger partial charge in [0.15, 0.2) is 0 Å². The second kappa shape index (κ2) is 8.76. The van der Waals surface area contributed by atoms with Crippen LogP contribution in [0.25, 0.3) is 0 Å². The molecule has 1 saturated heterocycles. The molecule has 1 N–H and O–H groups in total. The van der Waals surface area contributed by atoms with E-state index in [0.29, 0.717) is 47.6 Å². The van der Waals surface area contributed by atoms with Crippen LogP contribution in [0.3, 0.4) is 0 Å². The number of thioether (sulfide) groups is 1. The zero-order valence-corrected chi connectivity index (χ0v) is 18.3. The van der Waals surface area contributed by atoms with Crippen LogP contribution in [0.1, 0.15) is 31.0 Å². The molecule has 0 saturated carbocycles. The molecule has 2 aromatic rings. The Kier molecular flexibility index (Phi) is 6.23. The van der Waals surface area contributed by atoms with Crippen molar-refractivity contribution in [2.24, 2.45) is 0 Å². The van der Waals surface area contributed by atoms with Crippen LogP contribution in [-0.2, 0) is 11.3 Å². The monoisotopic (exact) mass is 448 g/mol. The molecule has 0 radical (unpaired) electrons. The predicted octanol–water partition coefficient (Wildman–Crippen LogP) is 3.92. The summed E-state index contributed by atoms with van der Waals surface area (Å²) in [6, 6.07) is 14.2. The number of benzene rings is 2. The van der Waals surface area contributed by atoms with Crippen LogP contribution in [0.15, 0.2) is 53.4 Å². The van der Waals surface area contributed by atoms with Crippen molar-refractivity contribution in [3.63, 3.8) is 0 Å². The minimum atomic E-state index is -2.55. The number of piperazine rings is 1. The number of rotatable bonds is 5. The molecular formula is C23H26F2N2O3S. The van der Waals surface area contributed by atoms with Gasteiger partial charge in [0.1, 0.15) is 17.5 Å². The van der Waals surface area contributed by atoms with Crippen molar-refractivity contribution in [1.82, 2.24) is 9.80 Å². The molecule has 1 amide bonds. The molecule has 0 spiro atoms. The molecule has 0 unspecified atom stereocenters. The Bertz CT molecular complexity index is 942. The number of fused-ring (bicyclic) bond motifs is 1. The molecule has 2 heterocycles. The highest BCUT2D eigenvalue weighted by Crippen LogP contribution is 2.45. The molecule has 0 bridgehead atoms. The van der Waals surface area contributed by atoms with Crippen molar-refractivity contribution in [2.75, 3.05) is 19.6 Å². The second-order valence-corrected chi connectivity index (χ2v) is 9.52. The lowest BCUT2D eigenvalue weighted by Gasteiger charge is -2.48. The Morgan fingerprint density at radius 2 is 1.94 bits per heavy atom. The van der Waals surface area contributed by atoms with E-state index in [4.69, 9.17) is 4.74 Å². The van der Waals surface area contributed by atoms with Crippen LogP contribution in [0, 0.1) is 0 Å². The van der Waals surface area contributed by atoms with E-state index in [1.807, 2.05) is 30.3 Å². The Hall–Kier alpha value is -2.16. The number of aliphatic hydroxyl groups is 1. The van der Waals surface area contributed by atoms with Crippen molar-refractivity contribution in [3.8, 4) is 5.75 Å². The number of nitrogens with zero attached hydrogens (tertiary/aromatic N) is 2. The molecule has 1 fully saturated rings. The average molecular weight is 449 g/mol. The summed E-state index contributed by atoms with van der Waals surface area (Å²) in [6.07, 6.45) is -0.989. The maximum absolute atomic E-state index is 13.1. The van der Waals surface area contributed by atoms with Gasteiger partial charge in [0.25, 0.3) is 5.76 Å². The molecule has 166 valence electrons. The molecule has 5 nitrogen and oxygen atoms in total. The normalized spacial score (nSPS) is 23.5. The van der Waals surface area contributed by atoms with E-state index in [0.717, 1.165) is 5.56 Å². The number of carbonyl (C=O) groups is 1. The first-order valence-corrected chi connectivity index (χ1v) is 11.1. The second-order valence-electron chi connectivity index (χ2n) is 8.46. The van der Waals surface area contributed by atoms with Gasteiger partial charge in [-0.2, -0.15) is 8.78 Å². The minimum Gasteiger partial charge on any atom is -0.485 e. The zero-order valence-electron chi connectivity index (χ0n) is 17.5. The van der Waals surface area contributed by atoms with Crippen LogP contribution in [0.4, 0.5) is 8.78 Å². The smallest absolute Gasteiger partial charge is 0.288 e. The topological polar surface area (TPSA) is 53.0 Å². The number of carbonyl (C=O) groups excluding carboxylic acids is 1. The van der Waals surface area contributed by atoms with Crippen molar-refractivity contribution >= 4 is 17.7 Å². The van der Waals surface area contributed by atoms with Crippen LogP contribution >= 0.6 is 11.8 Å². The van der Waals surface area contributed by atoms with Gasteiger partial charge in [-0.25, -0.2) is 0 Å². The summed E-state index contributed by atoms with van der Waals surface area (Å²) in [6.45, 7) is 5.55. The van der Waals surface area contributed by atoms with Gasteiger partial charge in [0.2, 0.25) is 5.91 Å². The Balaban J connectivity index is 1.58. The van der Waals surface area contributed by atoms with Gasteiger partial charge in [-0.3, -0.25) is 9.69 Å². The first-order chi connectivity index (χ1) is 14.7. The van der Waals surface area contributed by atoms with Crippen LogP contribution in [0.2, 0.25) is 0 Å². The molecule has 2 aliphatic heterocycles. The molecule has 0 aliphatic carbocycles. The first-order valence-electron chi connectivity index (χ1n) is 10.3. The fraction of sp³-hybridized carbons (Fsp3) is 0.435. The third kappa shape index (κ3) is 4.71. The summed E-state index contributed by atoms with van der Waals surface area (Å²) in [5, 5.41) is 11.1. The van der Waals surface area contributed by atoms with E-state index in [1.54, 1.807) is 36.9 Å². The summed E-state index contributed by atoms with van der Waals surface area (Å²) in [5.41, 5.74) is 0.786. The summed E-state index contributed by atoms with van der Waals surface area (Å²) in [4.78, 5) is 17.3. The number of hydrogen-bond donors (Lipinski definition) is 1. The van der Waals surface area contributed by atoms with E-state index >= 15 is 0 Å². The van der Waals surface area contributed by atoms with E-state index in [9.17, 15) is 18.7 Å². The fourth-order valence-electron chi connectivity index (χ4n) is 4.26. The van der Waals surface area contributed by atoms with E-state index in [-0.39, 0.29) is 12.5 Å². The van der Waals surface area contributed by atoms with E-state index < -0.39 is 23.5 Å². The maximum atomic E-state index is 13.1. The number of alkyl halides is 2. The Labute approximate surface area is 185 Å². The third-order valence-corrected chi connectivity index (χ3v) is 6.53. The van der Waals surface area contributed by atoms with E-state index in [1.165, 1.54) is 0 Å². The molecular weight excluding hydrogens is 422 g/mol. The molecule has 8 heteroatoms. The van der Waals surface area contributed by atoms with Gasteiger partial charge in [-0.1, -0.05) is 42.1 Å². The molecule has 2 atom stereocenters. The van der Waals surface area contributed by atoms with Crippen molar-refractivity contribution < 1.29 is 23.4 Å². The predicted molar refractivity (Wildman–Crippen MR) is 115 cm³/mol. The quantitative estimate of drug-likeness (QED) is 0.703. The van der Waals surface area contributed by atoms with Crippen molar-refractivity contribution in [1.29, 1.82) is 0 Å². The number of halogens is 2. The lowest BCUT2D eigenvalue weighted by molar-refractivity contribution is -0.150. The summed E-state index contributed by atoms with van der Waals surface area (Å²) in [5.74, 6) is -2.13. The van der Waals surface area contributed by atoms with Gasteiger partial charge in [-0.05, 0) is 37.6 Å². The summed E-state index contributed by atoms with van der Waals surface area (Å²) < 4.78 is 31.8. The highest BCUT2D eigenvalue weighted by atomic mass is 32.2. The summed E-state index contributed by atoms with van der Waals surface area (Å²) in [7, 11) is 0.